The molecule has 0 fully saturated rings. The summed E-state index contributed by atoms with van der Waals surface area (Å²) in [6.45, 7) is 0. The maximum absolute atomic E-state index is 13.4. The molecule has 1 atom stereocenters. The van der Waals surface area contributed by atoms with E-state index in [1.807, 2.05) is 12.3 Å². The number of benzene rings is 1. The van der Waals surface area contributed by atoms with Gasteiger partial charge in [-0.2, -0.15) is 11.8 Å². The second-order valence-corrected chi connectivity index (χ2v) is 7.05. The molecule has 132 valence electrons. The summed E-state index contributed by atoms with van der Waals surface area (Å²) in [5.41, 5.74) is 8.46. The largest absolute Gasteiger partial charge is 0.368 e. The van der Waals surface area contributed by atoms with Crippen LogP contribution >= 0.6 is 11.8 Å². The number of hydrogen-bond acceptors (Lipinski definition) is 5. The highest BCUT2D eigenvalue weighted by atomic mass is 32.2. The number of H-pyrrole nitrogens is 1. The number of nitrogens with two attached hydrogens (primary N) is 1. The summed E-state index contributed by atoms with van der Waals surface area (Å²) in [7, 11) is 0. The molecule has 3 aromatic heterocycles. The molecule has 26 heavy (non-hydrogen) atoms. The lowest BCUT2D eigenvalue weighted by Gasteiger charge is -2.17. The number of rotatable bonds is 5. The Morgan fingerprint density at radius 1 is 1.38 bits per heavy atom. The number of carbonyl (C=O) groups excluding carboxylic acids is 1. The van der Waals surface area contributed by atoms with E-state index in [0.717, 1.165) is 5.52 Å². The van der Waals surface area contributed by atoms with Crippen molar-refractivity contribution in [1.29, 1.82) is 0 Å². The van der Waals surface area contributed by atoms with E-state index in [-0.39, 0.29) is 5.56 Å². The second-order valence-electron chi connectivity index (χ2n) is 6.06. The molecule has 0 saturated heterocycles. The van der Waals surface area contributed by atoms with Crippen LogP contribution in [0.25, 0.3) is 33.1 Å². The molecule has 3 N–H and O–H groups in total. The normalized spacial score (nSPS) is 12.8. The van der Waals surface area contributed by atoms with Gasteiger partial charge in [-0.05, 0) is 42.7 Å². The molecule has 4 rings (SSSR count). The number of carbonyl (C=O) groups is 1. The quantitative estimate of drug-likeness (QED) is 0.562. The smallest absolute Gasteiger partial charge is 0.261 e. The Morgan fingerprint density at radius 2 is 2.23 bits per heavy atom. The van der Waals surface area contributed by atoms with Gasteiger partial charge in [0.15, 0.2) is 5.65 Å². The molecule has 0 saturated carbocycles. The number of primary amides is 1. The fourth-order valence-corrected chi connectivity index (χ4v) is 3.68. The van der Waals surface area contributed by atoms with Gasteiger partial charge in [0, 0.05) is 11.7 Å². The van der Waals surface area contributed by atoms with Gasteiger partial charge in [-0.25, -0.2) is 4.98 Å². The van der Waals surface area contributed by atoms with Gasteiger partial charge < -0.3 is 10.7 Å². The van der Waals surface area contributed by atoms with Crippen LogP contribution in [0.3, 0.4) is 0 Å². The molecule has 7 nitrogen and oxygen atoms in total. The maximum atomic E-state index is 13.4. The minimum atomic E-state index is -0.740. The predicted octanol–water partition coefficient (Wildman–Crippen LogP) is 2.21. The molecular weight excluding hydrogens is 350 g/mol. The lowest BCUT2D eigenvalue weighted by Crippen LogP contribution is -2.34. The highest BCUT2D eigenvalue weighted by molar-refractivity contribution is 7.98. The van der Waals surface area contributed by atoms with Gasteiger partial charge in [0.1, 0.15) is 17.1 Å². The lowest BCUT2D eigenvalue weighted by molar-refractivity contribution is -0.121. The maximum Gasteiger partial charge on any atom is 0.261 e. The van der Waals surface area contributed by atoms with Gasteiger partial charge in [0.2, 0.25) is 5.91 Å². The van der Waals surface area contributed by atoms with Gasteiger partial charge in [0.25, 0.3) is 5.56 Å². The molecule has 3 heterocycles. The van der Waals surface area contributed by atoms with Crippen LogP contribution in [0.15, 0.2) is 41.3 Å². The number of nitrogens with zero attached hydrogens (tertiary/aromatic N) is 3. The lowest BCUT2D eigenvalue weighted by atomic mass is 10.2. The number of thioether (sulfide) groups is 1. The van der Waals surface area contributed by atoms with Gasteiger partial charge in [-0.3, -0.25) is 19.1 Å². The first kappa shape index (κ1) is 16.6. The highest BCUT2D eigenvalue weighted by Gasteiger charge is 2.21. The van der Waals surface area contributed by atoms with Crippen LogP contribution in [0.4, 0.5) is 0 Å². The van der Waals surface area contributed by atoms with Crippen molar-refractivity contribution >= 4 is 50.8 Å². The number of hydrogen-bond donors (Lipinski definition) is 2. The molecule has 0 radical (unpaired) electrons. The van der Waals surface area contributed by atoms with Crippen molar-refractivity contribution in [2.24, 2.45) is 5.73 Å². The molecule has 0 aliphatic rings. The van der Waals surface area contributed by atoms with Crippen LogP contribution in [0.2, 0.25) is 0 Å². The Hall–Kier alpha value is -2.87. The number of pyridine rings is 1. The Balaban J connectivity index is 2.20. The monoisotopic (exact) mass is 367 g/mol. The third-order valence-corrected chi connectivity index (χ3v) is 5.11. The Kier molecular flexibility index (Phi) is 4.12. The zero-order valence-corrected chi connectivity index (χ0v) is 14.9. The van der Waals surface area contributed by atoms with Gasteiger partial charge in [-0.15, -0.1) is 0 Å². The number of para-hydroxylation sites is 1. The average molecular weight is 367 g/mol. The number of nitrogens with one attached hydrogen (secondary N) is 1. The zero-order chi connectivity index (χ0) is 18.3. The van der Waals surface area contributed by atoms with Crippen molar-refractivity contribution in [3.63, 3.8) is 0 Å². The SMILES string of the molecule is CSCC[C@@H](C(N)=O)n1c(=O)c2cccc3[nH]c(nc32)c2cc1ccn2. The van der Waals surface area contributed by atoms with Crippen molar-refractivity contribution in [1.82, 2.24) is 19.5 Å². The summed E-state index contributed by atoms with van der Waals surface area (Å²) >= 11 is 1.60. The third-order valence-electron chi connectivity index (χ3n) is 4.46. The molecule has 1 aromatic carbocycles. The van der Waals surface area contributed by atoms with Crippen molar-refractivity contribution < 1.29 is 4.79 Å². The van der Waals surface area contributed by atoms with Gasteiger partial charge in [0.05, 0.1) is 10.9 Å². The van der Waals surface area contributed by atoms with Gasteiger partial charge >= 0.3 is 0 Å². The van der Waals surface area contributed by atoms with Crippen molar-refractivity contribution in [3.05, 3.63) is 46.9 Å². The van der Waals surface area contributed by atoms with E-state index in [1.165, 1.54) is 4.57 Å². The van der Waals surface area contributed by atoms with Crippen molar-refractivity contribution in [2.75, 3.05) is 12.0 Å². The fraction of sp³-hybridized carbons (Fsp3) is 0.222. The van der Waals surface area contributed by atoms with E-state index < -0.39 is 11.9 Å². The van der Waals surface area contributed by atoms with Crippen LogP contribution < -0.4 is 11.3 Å². The standard InChI is InChI=1S/C18H17N5O2S/c1-26-8-6-14(16(19)24)23-10-5-7-20-13(9-10)17-21-12-4-2-3-11(18(23)25)15(12)22-17/h2-5,7,9,14H,6,8H2,1H3,(H2,19,24)(H,21,22)/t14-/m0/s1. The second kappa shape index (κ2) is 6.45. The molecule has 0 aliphatic heterocycles. The summed E-state index contributed by atoms with van der Waals surface area (Å²) in [4.78, 5) is 37.7. The summed E-state index contributed by atoms with van der Waals surface area (Å²) in [6, 6.07) is 8.10. The number of fused-ring (bicyclic) bond motifs is 4. The van der Waals surface area contributed by atoms with E-state index in [4.69, 9.17) is 5.73 Å². The van der Waals surface area contributed by atoms with Crippen LogP contribution in [0.1, 0.15) is 12.5 Å². The first-order valence-electron chi connectivity index (χ1n) is 8.17. The van der Waals surface area contributed by atoms with Crippen LogP contribution in [-0.4, -0.2) is 37.4 Å². The zero-order valence-electron chi connectivity index (χ0n) is 14.1. The van der Waals surface area contributed by atoms with E-state index in [0.29, 0.717) is 39.8 Å². The van der Waals surface area contributed by atoms with Crippen molar-refractivity contribution in [3.8, 4) is 0 Å². The molecular formula is C18H17N5O2S. The Bertz CT molecular complexity index is 1200. The molecule has 0 aliphatic carbocycles. The molecule has 0 unspecified atom stereocenters. The summed E-state index contributed by atoms with van der Waals surface area (Å²) < 4.78 is 1.48. The van der Waals surface area contributed by atoms with Gasteiger partial charge in [-0.1, -0.05) is 6.07 Å². The van der Waals surface area contributed by atoms with E-state index in [9.17, 15) is 9.59 Å². The molecule has 1 amide bonds. The first-order chi connectivity index (χ1) is 12.6. The van der Waals surface area contributed by atoms with Crippen LogP contribution in [0, 0.1) is 0 Å². The fourth-order valence-electron chi connectivity index (χ4n) is 3.22. The number of amides is 1. The Labute approximate surface area is 152 Å². The molecule has 4 aromatic rings. The number of aromatic amines is 1. The van der Waals surface area contributed by atoms with E-state index >= 15 is 0 Å². The molecule has 0 spiro atoms. The molecule has 8 heteroatoms. The van der Waals surface area contributed by atoms with Crippen molar-refractivity contribution in [2.45, 2.75) is 12.5 Å². The Morgan fingerprint density at radius 3 is 3.00 bits per heavy atom. The average Bonchev–Trinajstić information content (AvgIpc) is 3.08. The third kappa shape index (κ3) is 2.62. The minimum absolute atomic E-state index is 0.294. The topological polar surface area (TPSA) is 107 Å². The van der Waals surface area contributed by atoms with E-state index in [2.05, 4.69) is 15.0 Å². The summed E-state index contributed by atoms with van der Waals surface area (Å²) in [5.74, 6) is 0.185. The number of aromatic nitrogens is 4. The summed E-state index contributed by atoms with van der Waals surface area (Å²) in [5, 5.41) is 0.433. The molecule has 4 bridgehead atoms. The predicted molar refractivity (Wildman–Crippen MR) is 104 cm³/mol. The van der Waals surface area contributed by atoms with E-state index in [1.54, 1.807) is 42.2 Å². The van der Waals surface area contributed by atoms with Crippen LogP contribution in [-0.2, 0) is 4.79 Å². The minimum Gasteiger partial charge on any atom is -0.368 e. The first-order valence-corrected chi connectivity index (χ1v) is 9.56. The summed E-state index contributed by atoms with van der Waals surface area (Å²) in [6.07, 6.45) is 4.03. The highest BCUT2D eigenvalue weighted by Crippen LogP contribution is 2.22. The number of imidazole rings is 1. The van der Waals surface area contributed by atoms with Crippen LogP contribution in [0.5, 0.6) is 0 Å².